The molecule has 7 N–H and O–H groups in total. The van der Waals surface area contributed by atoms with E-state index in [2.05, 4.69) is 10.6 Å². The molecule has 0 saturated carbocycles. The second-order valence-corrected chi connectivity index (χ2v) is 6.29. The second-order valence-electron chi connectivity index (χ2n) is 6.29. The van der Waals surface area contributed by atoms with Gasteiger partial charge >= 0.3 is 17.9 Å². The van der Waals surface area contributed by atoms with Crippen LogP contribution in [0.5, 0.6) is 0 Å². The van der Waals surface area contributed by atoms with Crippen LogP contribution in [0.4, 0.5) is 0 Å². The van der Waals surface area contributed by atoms with E-state index in [-0.39, 0.29) is 6.42 Å². The average molecular weight is 409 g/mol. The molecule has 29 heavy (non-hydrogen) atoms. The first-order chi connectivity index (χ1) is 13.6. The maximum absolute atomic E-state index is 12.3. The van der Waals surface area contributed by atoms with Crippen molar-refractivity contribution >= 4 is 29.7 Å². The molecule has 0 aliphatic heterocycles. The molecule has 0 spiro atoms. The van der Waals surface area contributed by atoms with Gasteiger partial charge in [-0.25, -0.2) is 4.79 Å². The van der Waals surface area contributed by atoms with Crippen LogP contribution in [-0.2, 0) is 30.4 Å². The maximum Gasteiger partial charge on any atom is 0.326 e. The monoisotopic (exact) mass is 409 g/mol. The molecule has 0 aliphatic rings. The highest BCUT2D eigenvalue weighted by atomic mass is 16.4. The highest BCUT2D eigenvalue weighted by Gasteiger charge is 2.29. The molecule has 3 atom stereocenters. The van der Waals surface area contributed by atoms with Crippen molar-refractivity contribution in [3.63, 3.8) is 0 Å². The van der Waals surface area contributed by atoms with Gasteiger partial charge in [0.2, 0.25) is 11.8 Å². The van der Waals surface area contributed by atoms with Crippen molar-refractivity contribution in [2.75, 3.05) is 0 Å². The molecule has 11 heteroatoms. The Kier molecular flexibility index (Phi) is 9.26. The van der Waals surface area contributed by atoms with Crippen LogP contribution < -0.4 is 16.4 Å². The third-order valence-electron chi connectivity index (χ3n) is 3.91. The summed E-state index contributed by atoms with van der Waals surface area (Å²) in [5, 5.41) is 31.0. The largest absolute Gasteiger partial charge is 0.481 e. The summed E-state index contributed by atoms with van der Waals surface area (Å²) in [6.45, 7) is 0. The molecular weight excluding hydrogens is 386 g/mol. The van der Waals surface area contributed by atoms with Gasteiger partial charge in [-0.15, -0.1) is 0 Å². The van der Waals surface area contributed by atoms with Gasteiger partial charge in [-0.2, -0.15) is 0 Å². The molecule has 2 amide bonds. The summed E-state index contributed by atoms with van der Waals surface area (Å²) in [5.74, 6) is -5.99. The number of carbonyl (C=O) groups is 5. The summed E-state index contributed by atoms with van der Waals surface area (Å²) in [6, 6.07) is 4.59. The smallest absolute Gasteiger partial charge is 0.326 e. The molecule has 0 heterocycles. The van der Waals surface area contributed by atoms with Gasteiger partial charge in [0.1, 0.15) is 12.1 Å². The fourth-order valence-corrected chi connectivity index (χ4v) is 2.42. The zero-order valence-electron chi connectivity index (χ0n) is 15.4. The Morgan fingerprint density at radius 1 is 0.862 bits per heavy atom. The quantitative estimate of drug-likeness (QED) is 0.249. The van der Waals surface area contributed by atoms with Gasteiger partial charge in [-0.1, -0.05) is 30.3 Å². The summed E-state index contributed by atoms with van der Waals surface area (Å²) in [5.41, 5.74) is 6.57. The number of hydrogen-bond acceptors (Lipinski definition) is 6. The summed E-state index contributed by atoms with van der Waals surface area (Å²) in [6.07, 6.45) is -1.59. The molecular formula is C18H23N3O8. The molecule has 0 bridgehead atoms. The molecule has 11 nitrogen and oxygen atoms in total. The molecule has 158 valence electrons. The number of aliphatic carboxylic acids is 3. The third-order valence-corrected chi connectivity index (χ3v) is 3.91. The van der Waals surface area contributed by atoms with Gasteiger partial charge in [0.15, 0.2) is 0 Å². The Morgan fingerprint density at radius 3 is 1.97 bits per heavy atom. The lowest BCUT2D eigenvalue weighted by Crippen LogP contribution is -2.55. The van der Waals surface area contributed by atoms with Crippen LogP contribution >= 0.6 is 0 Å². The minimum atomic E-state index is -1.58. The predicted molar refractivity (Wildman–Crippen MR) is 98.7 cm³/mol. The molecule has 0 aromatic heterocycles. The Bertz CT molecular complexity index is 753. The van der Waals surface area contributed by atoms with E-state index in [1.807, 2.05) is 0 Å². The standard InChI is InChI=1S/C18H23N3O8/c19-11(8-10-4-2-1-3-5-10)16(26)21-13(9-15(24)25)17(27)20-12(18(28)29)6-7-14(22)23/h1-5,11-13H,6-9,19H2,(H,20,27)(H,21,26)(H,22,23)(H,24,25)(H,28,29). The summed E-state index contributed by atoms with van der Waals surface area (Å²) >= 11 is 0. The van der Waals surface area contributed by atoms with Crippen LogP contribution in [0.15, 0.2) is 30.3 Å². The van der Waals surface area contributed by atoms with Gasteiger partial charge in [-0.05, 0) is 18.4 Å². The van der Waals surface area contributed by atoms with Crippen molar-refractivity contribution < 1.29 is 39.3 Å². The maximum atomic E-state index is 12.3. The number of benzene rings is 1. The third kappa shape index (κ3) is 8.84. The lowest BCUT2D eigenvalue weighted by atomic mass is 10.0. The van der Waals surface area contributed by atoms with E-state index >= 15 is 0 Å². The minimum absolute atomic E-state index is 0.143. The zero-order chi connectivity index (χ0) is 22.0. The van der Waals surface area contributed by atoms with Crippen molar-refractivity contribution in [2.24, 2.45) is 5.73 Å². The topological polar surface area (TPSA) is 196 Å². The first kappa shape index (κ1) is 23.6. The van der Waals surface area contributed by atoms with Crippen LogP contribution in [-0.4, -0.2) is 63.2 Å². The number of rotatable bonds is 12. The van der Waals surface area contributed by atoms with Gasteiger partial charge in [0.25, 0.3) is 0 Å². The first-order valence-electron chi connectivity index (χ1n) is 8.66. The molecule has 0 saturated heterocycles. The fourth-order valence-electron chi connectivity index (χ4n) is 2.42. The molecule has 1 rings (SSSR count). The van der Waals surface area contributed by atoms with Crippen molar-refractivity contribution in [3.8, 4) is 0 Å². The number of nitrogens with two attached hydrogens (primary N) is 1. The molecule has 3 unspecified atom stereocenters. The van der Waals surface area contributed by atoms with E-state index in [1.165, 1.54) is 0 Å². The number of carbonyl (C=O) groups excluding carboxylic acids is 2. The van der Waals surface area contributed by atoms with Crippen molar-refractivity contribution in [1.29, 1.82) is 0 Å². The van der Waals surface area contributed by atoms with Crippen LogP contribution in [0.2, 0.25) is 0 Å². The lowest BCUT2D eigenvalue weighted by molar-refractivity contribution is -0.144. The van der Waals surface area contributed by atoms with Gasteiger partial charge in [0, 0.05) is 6.42 Å². The van der Waals surface area contributed by atoms with Gasteiger partial charge in [-0.3, -0.25) is 19.2 Å². The number of nitrogens with one attached hydrogen (secondary N) is 2. The highest BCUT2D eigenvalue weighted by molar-refractivity contribution is 5.94. The Labute approximate surface area is 165 Å². The van der Waals surface area contributed by atoms with E-state index in [0.717, 1.165) is 5.56 Å². The van der Waals surface area contributed by atoms with Gasteiger partial charge in [0.05, 0.1) is 12.5 Å². The van der Waals surface area contributed by atoms with Crippen LogP contribution in [0.25, 0.3) is 0 Å². The number of carboxylic acids is 3. The van der Waals surface area contributed by atoms with E-state index in [4.69, 9.17) is 21.1 Å². The Balaban J connectivity index is 2.79. The summed E-state index contributed by atoms with van der Waals surface area (Å²) in [4.78, 5) is 57.4. The van der Waals surface area contributed by atoms with Crippen molar-refractivity contribution in [1.82, 2.24) is 10.6 Å². The molecule has 0 radical (unpaired) electrons. The Hall–Kier alpha value is -3.47. The lowest BCUT2D eigenvalue weighted by Gasteiger charge is -2.21. The van der Waals surface area contributed by atoms with Crippen LogP contribution in [0.1, 0.15) is 24.8 Å². The van der Waals surface area contributed by atoms with Gasteiger partial charge < -0.3 is 31.7 Å². The van der Waals surface area contributed by atoms with E-state index in [1.54, 1.807) is 30.3 Å². The number of carboxylic acid groups (broad SMARTS) is 3. The van der Waals surface area contributed by atoms with Crippen LogP contribution in [0.3, 0.4) is 0 Å². The molecule has 1 aromatic rings. The van der Waals surface area contributed by atoms with Crippen LogP contribution in [0, 0.1) is 0 Å². The summed E-state index contributed by atoms with van der Waals surface area (Å²) < 4.78 is 0. The minimum Gasteiger partial charge on any atom is -0.481 e. The molecule has 0 fully saturated rings. The average Bonchev–Trinajstić information content (AvgIpc) is 2.64. The first-order valence-corrected chi connectivity index (χ1v) is 8.66. The van der Waals surface area contributed by atoms with E-state index in [0.29, 0.717) is 0 Å². The number of hydrogen-bond donors (Lipinski definition) is 6. The normalized spacial score (nSPS) is 13.6. The van der Waals surface area contributed by atoms with E-state index in [9.17, 15) is 24.0 Å². The SMILES string of the molecule is NC(Cc1ccccc1)C(=O)NC(CC(=O)O)C(=O)NC(CCC(=O)O)C(=O)O. The Morgan fingerprint density at radius 2 is 1.45 bits per heavy atom. The predicted octanol–water partition coefficient (Wildman–Crippen LogP) is -1.05. The molecule has 0 aliphatic carbocycles. The second kappa shape index (κ2) is 11.4. The van der Waals surface area contributed by atoms with E-state index < -0.39 is 67.1 Å². The summed E-state index contributed by atoms with van der Waals surface area (Å²) in [7, 11) is 0. The number of amides is 2. The van der Waals surface area contributed by atoms with Crippen molar-refractivity contribution in [3.05, 3.63) is 35.9 Å². The highest BCUT2D eigenvalue weighted by Crippen LogP contribution is 2.04. The molecule has 1 aromatic carbocycles. The van der Waals surface area contributed by atoms with Crippen molar-refractivity contribution in [2.45, 2.75) is 43.8 Å². The zero-order valence-corrected chi connectivity index (χ0v) is 15.4. The fraction of sp³-hybridized carbons (Fsp3) is 0.389.